The summed E-state index contributed by atoms with van der Waals surface area (Å²) in [5.74, 6) is 3.46. The van der Waals surface area contributed by atoms with Crippen LogP contribution in [0.3, 0.4) is 0 Å². The molecular formula is C26H35FN8O2S. The van der Waals surface area contributed by atoms with Gasteiger partial charge in [-0.15, -0.1) is 0 Å². The van der Waals surface area contributed by atoms with E-state index in [1.54, 1.807) is 12.3 Å². The molecule has 204 valence electrons. The van der Waals surface area contributed by atoms with Gasteiger partial charge < -0.3 is 19.9 Å². The Labute approximate surface area is 223 Å². The number of fused-ring (bicyclic) bond motifs is 1. The predicted molar refractivity (Wildman–Crippen MR) is 149 cm³/mol. The van der Waals surface area contributed by atoms with Crippen LogP contribution in [0, 0.1) is 10.7 Å². The summed E-state index contributed by atoms with van der Waals surface area (Å²) >= 11 is 0. The van der Waals surface area contributed by atoms with Gasteiger partial charge in [0.2, 0.25) is 5.95 Å². The molecule has 0 bridgehead atoms. The highest BCUT2D eigenvalue weighted by Crippen LogP contribution is 2.35. The second-order valence-electron chi connectivity index (χ2n) is 10.6. The molecule has 3 aromatic rings. The number of alkyl halides is 1. The van der Waals surface area contributed by atoms with Gasteiger partial charge in [-0.25, -0.2) is 19.3 Å². The lowest BCUT2D eigenvalue weighted by Gasteiger charge is -2.40. The minimum Gasteiger partial charge on any atom is -0.378 e. The molecule has 0 radical (unpaired) electrons. The average molecular weight is 543 g/mol. The van der Waals surface area contributed by atoms with Crippen molar-refractivity contribution in [2.24, 2.45) is 5.92 Å². The van der Waals surface area contributed by atoms with Crippen molar-refractivity contribution in [3.8, 4) is 0 Å². The molecule has 2 saturated heterocycles. The van der Waals surface area contributed by atoms with E-state index in [0.717, 1.165) is 35.2 Å². The molecule has 10 nitrogen and oxygen atoms in total. The predicted octanol–water partition coefficient (Wildman–Crippen LogP) is 3.96. The van der Waals surface area contributed by atoms with Crippen molar-refractivity contribution in [1.29, 1.82) is 4.78 Å². The van der Waals surface area contributed by atoms with Crippen LogP contribution < -0.4 is 15.1 Å². The zero-order valence-electron chi connectivity index (χ0n) is 22.2. The van der Waals surface area contributed by atoms with Crippen LogP contribution in [0.1, 0.15) is 31.7 Å². The van der Waals surface area contributed by atoms with E-state index < -0.39 is 22.0 Å². The van der Waals surface area contributed by atoms with Gasteiger partial charge >= 0.3 is 0 Å². The number of hydrogen-bond acceptors (Lipinski definition) is 10. The Morgan fingerprint density at radius 1 is 1.16 bits per heavy atom. The van der Waals surface area contributed by atoms with E-state index in [0.29, 0.717) is 36.3 Å². The second kappa shape index (κ2) is 10.6. The highest BCUT2D eigenvalue weighted by atomic mass is 32.2. The molecule has 5 heterocycles. The van der Waals surface area contributed by atoms with Crippen molar-refractivity contribution in [1.82, 2.24) is 19.9 Å². The number of aromatic nitrogens is 4. The summed E-state index contributed by atoms with van der Waals surface area (Å²) in [6.45, 7) is 6.56. The van der Waals surface area contributed by atoms with Crippen LogP contribution in [0.5, 0.6) is 0 Å². The quantitative estimate of drug-likeness (QED) is 0.436. The maximum atomic E-state index is 14.4. The van der Waals surface area contributed by atoms with E-state index in [9.17, 15) is 8.60 Å². The molecule has 1 unspecified atom stereocenters. The molecule has 0 aromatic carbocycles. The average Bonchev–Trinajstić information content (AvgIpc) is 2.85. The first kappa shape index (κ1) is 26.5. The van der Waals surface area contributed by atoms with Gasteiger partial charge in [0, 0.05) is 78.4 Å². The number of piperidine rings is 1. The summed E-state index contributed by atoms with van der Waals surface area (Å²) in [5.41, 5.74) is 1.12. The second-order valence-corrected chi connectivity index (χ2v) is 13.0. The van der Waals surface area contributed by atoms with E-state index in [1.807, 2.05) is 23.4 Å². The van der Waals surface area contributed by atoms with E-state index >= 15 is 0 Å². The molecule has 0 aliphatic carbocycles. The maximum Gasteiger partial charge on any atom is 0.227 e. The summed E-state index contributed by atoms with van der Waals surface area (Å²) in [5, 5.41) is 5.31. The molecule has 2 fully saturated rings. The molecule has 3 aromatic heterocycles. The van der Waals surface area contributed by atoms with Crippen molar-refractivity contribution in [2.75, 3.05) is 60.4 Å². The minimum absolute atomic E-state index is 0.193. The monoisotopic (exact) mass is 542 g/mol. The van der Waals surface area contributed by atoms with Crippen molar-refractivity contribution in [3.63, 3.8) is 0 Å². The topological polar surface area (TPSA) is 120 Å². The number of rotatable bonds is 8. The normalized spacial score (nSPS) is 21.9. The third kappa shape index (κ3) is 5.65. The van der Waals surface area contributed by atoms with Gasteiger partial charge in [-0.1, -0.05) is 13.8 Å². The summed E-state index contributed by atoms with van der Waals surface area (Å²) < 4.78 is 39.3. The number of nitrogens with zero attached hydrogens (tertiary/aromatic N) is 6. The Bertz CT molecular complexity index is 1410. The zero-order chi connectivity index (χ0) is 27.0. The fourth-order valence-electron chi connectivity index (χ4n) is 5.25. The molecule has 5 rings (SSSR count). The zero-order valence-corrected chi connectivity index (χ0v) is 23.0. The van der Waals surface area contributed by atoms with Crippen molar-refractivity contribution < 1.29 is 13.3 Å². The van der Waals surface area contributed by atoms with Crippen LogP contribution in [-0.4, -0.2) is 81.7 Å². The summed E-state index contributed by atoms with van der Waals surface area (Å²) in [6, 6.07) is 3.78. The smallest absolute Gasteiger partial charge is 0.227 e. The lowest BCUT2D eigenvalue weighted by Crippen LogP contribution is -2.49. The van der Waals surface area contributed by atoms with Crippen LogP contribution in [0.4, 0.5) is 27.8 Å². The minimum atomic E-state index is -2.51. The molecule has 0 saturated carbocycles. The van der Waals surface area contributed by atoms with Crippen LogP contribution in [-0.2, 0) is 14.5 Å². The third-order valence-electron chi connectivity index (χ3n) is 7.18. The number of ether oxygens (including phenoxy) is 1. The van der Waals surface area contributed by atoms with Crippen molar-refractivity contribution in [3.05, 3.63) is 36.3 Å². The number of anilines is 4. The molecule has 38 heavy (non-hydrogen) atoms. The van der Waals surface area contributed by atoms with Crippen LogP contribution >= 0.6 is 0 Å². The summed E-state index contributed by atoms with van der Waals surface area (Å²) in [7, 11) is -0.968. The van der Waals surface area contributed by atoms with E-state index in [2.05, 4.69) is 39.0 Å². The van der Waals surface area contributed by atoms with Crippen LogP contribution in [0.25, 0.3) is 10.8 Å². The SMILES string of the molecule is CO[C@H]1CCN(c2nccc(Nc3cc4c(C(C)C)cnc(N5CC(CS(C)(=N)=O)C5)c4cn3)n2)C[C@H]1F. The fourth-order valence-corrected chi connectivity index (χ4v) is 6.36. The fraction of sp³-hybridized carbons (Fsp3) is 0.538. The van der Waals surface area contributed by atoms with Crippen molar-refractivity contribution in [2.45, 2.75) is 38.5 Å². The number of halogens is 1. The van der Waals surface area contributed by atoms with E-state index in [1.165, 1.54) is 13.4 Å². The summed E-state index contributed by atoms with van der Waals surface area (Å²) in [4.78, 5) is 22.4. The van der Waals surface area contributed by atoms with Gasteiger partial charge in [0.15, 0.2) is 0 Å². The first-order chi connectivity index (χ1) is 18.1. The van der Waals surface area contributed by atoms with Crippen LogP contribution in [0.2, 0.25) is 0 Å². The Kier molecular flexibility index (Phi) is 7.36. The van der Waals surface area contributed by atoms with E-state index in [-0.39, 0.29) is 18.4 Å². The molecule has 3 atom stereocenters. The van der Waals surface area contributed by atoms with E-state index in [4.69, 9.17) is 14.5 Å². The summed E-state index contributed by atoms with van der Waals surface area (Å²) in [6.07, 6.45) is 6.02. The first-order valence-electron chi connectivity index (χ1n) is 12.9. The highest BCUT2D eigenvalue weighted by molar-refractivity contribution is 7.91. The molecule has 2 N–H and O–H groups in total. The number of hydrogen-bond donors (Lipinski definition) is 2. The maximum absolute atomic E-state index is 14.4. The number of pyridine rings is 2. The lowest BCUT2D eigenvalue weighted by atomic mass is 9.97. The Hall–Kier alpha value is -3.12. The van der Waals surface area contributed by atoms with Gasteiger partial charge in [0.25, 0.3) is 0 Å². The molecular weight excluding hydrogens is 507 g/mol. The van der Waals surface area contributed by atoms with Crippen molar-refractivity contribution >= 4 is 43.9 Å². The molecule has 2 aliphatic heterocycles. The lowest BCUT2D eigenvalue weighted by molar-refractivity contribution is 0.0194. The van der Waals surface area contributed by atoms with Gasteiger partial charge in [-0.3, -0.25) is 8.99 Å². The number of methoxy groups -OCH3 is 1. The van der Waals surface area contributed by atoms with Gasteiger partial charge in [0.1, 0.15) is 23.6 Å². The number of nitrogens with one attached hydrogen (secondary N) is 2. The molecule has 12 heteroatoms. The largest absolute Gasteiger partial charge is 0.378 e. The van der Waals surface area contributed by atoms with Crippen LogP contribution in [0.15, 0.2) is 30.7 Å². The van der Waals surface area contributed by atoms with Gasteiger partial charge in [-0.2, -0.15) is 4.98 Å². The molecule has 0 amide bonds. The Balaban J connectivity index is 1.37. The molecule has 0 spiro atoms. The Morgan fingerprint density at radius 3 is 2.63 bits per heavy atom. The third-order valence-corrected chi connectivity index (χ3v) is 8.29. The highest BCUT2D eigenvalue weighted by Gasteiger charge is 2.32. The Morgan fingerprint density at radius 2 is 1.95 bits per heavy atom. The standard InChI is InChI=1S/C26H35FN8O2S/c1-16(2)19-10-31-25(35-12-17(13-35)15-38(4,28)36)20-11-30-24(9-18(19)20)32-23-5-7-29-26(33-23)34-8-6-22(37-3)21(27)14-34/h5,7,9-11,16-17,21-22,28H,6,8,12-15H2,1-4H3,(H,29,30,32,33)/t21-,22+,38?/m1/s1. The molecule has 2 aliphatic rings. The van der Waals surface area contributed by atoms with Gasteiger partial charge in [0.05, 0.1) is 12.6 Å². The first-order valence-corrected chi connectivity index (χ1v) is 15.0. The van der Waals surface area contributed by atoms with Gasteiger partial charge in [-0.05, 0) is 35.4 Å².